The van der Waals surface area contributed by atoms with Gasteiger partial charge in [0.05, 0.1) is 18.4 Å². The number of rotatable bonds is 7. The molecule has 162 valence electrons. The number of carbonyl (C=O) groups excluding carboxylic acids is 2. The molecular formula is C24H19FN2O5. The summed E-state index contributed by atoms with van der Waals surface area (Å²) in [6.45, 7) is 0. The van der Waals surface area contributed by atoms with Crippen LogP contribution in [0.3, 0.4) is 0 Å². The number of nitrogens with one attached hydrogen (secondary N) is 2. The third-order valence-corrected chi connectivity index (χ3v) is 4.40. The zero-order valence-electron chi connectivity index (χ0n) is 17.0. The van der Waals surface area contributed by atoms with Crippen molar-refractivity contribution in [3.8, 4) is 5.75 Å². The van der Waals surface area contributed by atoms with Gasteiger partial charge in [-0.15, -0.1) is 0 Å². The molecule has 3 aromatic carbocycles. The average Bonchev–Trinajstić information content (AvgIpc) is 2.80. The molecule has 0 atom stereocenters. The van der Waals surface area contributed by atoms with E-state index in [1.165, 1.54) is 55.7 Å². The fourth-order valence-corrected chi connectivity index (χ4v) is 2.80. The molecule has 0 radical (unpaired) electrons. The number of ether oxygens (including phenoxy) is 1. The van der Waals surface area contributed by atoms with Gasteiger partial charge in [-0.2, -0.15) is 0 Å². The van der Waals surface area contributed by atoms with Crippen LogP contribution in [0.2, 0.25) is 0 Å². The topological polar surface area (TPSA) is 105 Å². The molecule has 2 amide bonds. The van der Waals surface area contributed by atoms with Gasteiger partial charge < -0.3 is 20.5 Å². The van der Waals surface area contributed by atoms with E-state index < -0.39 is 23.6 Å². The molecule has 7 nitrogen and oxygen atoms in total. The fraction of sp³-hybridized carbons (Fsp3) is 0.0417. The number of anilines is 1. The normalized spacial score (nSPS) is 10.9. The number of amides is 2. The molecule has 0 bridgehead atoms. The molecule has 8 heteroatoms. The maximum atomic E-state index is 13.3. The summed E-state index contributed by atoms with van der Waals surface area (Å²) in [6, 6.07) is 17.6. The van der Waals surface area contributed by atoms with Gasteiger partial charge in [-0.25, -0.2) is 9.18 Å². The fourth-order valence-electron chi connectivity index (χ4n) is 2.80. The average molecular weight is 434 g/mol. The first-order valence-electron chi connectivity index (χ1n) is 9.43. The van der Waals surface area contributed by atoms with Crippen molar-refractivity contribution in [3.63, 3.8) is 0 Å². The van der Waals surface area contributed by atoms with Crippen LogP contribution in [0.25, 0.3) is 6.08 Å². The second-order valence-corrected chi connectivity index (χ2v) is 6.60. The van der Waals surface area contributed by atoms with Crippen molar-refractivity contribution in [3.05, 3.63) is 101 Å². The lowest BCUT2D eigenvalue weighted by Crippen LogP contribution is -2.30. The highest BCUT2D eigenvalue weighted by Crippen LogP contribution is 2.26. The van der Waals surface area contributed by atoms with E-state index in [-0.39, 0.29) is 22.7 Å². The largest absolute Gasteiger partial charge is 0.495 e. The molecule has 0 fully saturated rings. The van der Waals surface area contributed by atoms with Gasteiger partial charge in [-0.05, 0) is 54.1 Å². The van der Waals surface area contributed by atoms with Crippen molar-refractivity contribution in [2.75, 3.05) is 12.4 Å². The number of hydrogen-bond acceptors (Lipinski definition) is 4. The molecule has 3 N–H and O–H groups in total. The minimum atomic E-state index is -1.18. The Kier molecular flexibility index (Phi) is 6.97. The number of methoxy groups -OCH3 is 1. The van der Waals surface area contributed by atoms with Gasteiger partial charge in [-0.1, -0.05) is 30.3 Å². The van der Waals surface area contributed by atoms with Gasteiger partial charge in [0.25, 0.3) is 11.8 Å². The molecular weight excluding hydrogens is 415 g/mol. The van der Waals surface area contributed by atoms with E-state index in [0.29, 0.717) is 11.1 Å². The molecule has 0 spiro atoms. The minimum absolute atomic E-state index is 0.0570. The number of carboxylic acids is 1. The predicted octanol–water partition coefficient (Wildman–Crippen LogP) is 3.94. The van der Waals surface area contributed by atoms with Gasteiger partial charge in [0.15, 0.2) is 0 Å². The maximum Gasteiger partial charge on any atom is 0.335 e. The quantitative estimate of drug-likeness (QED) is 0.489. The molecule has 32 heavy (non-hydrogen) atoms. The van der Waals surface area contributed by atoms with Crippen molar-refractivity contribution in [2.45, 2.75) is 0 Å². The number of aromatic carboxylic acids is 1. The Morgan fingerprint density at radius 2 is 1.62 bits per heavy atom. The van der Waals surface area contributed by atoms with E-state index >= 15 is 0 Å². The van der Waals surface area contributed by atoms with Crippen molar-refractivity contribution >= 4 is 29.5 Å². The van der Waals surface area contributed by atoms with Gasteiger partial charge in [0.1, 0.15) is 17.3 Å². The molecule has 0 aliphatic carbocycles. The van der Waals surface area contributed by atoms with Crippen LogP contribution in [0.5, 0.6) is 5.75 Å². The highest BCUT2D eigenvalue weighted by molar-refractivity contribution is 6.11. The lowest BCUT2D eigenvalue weighted by molar-refractivity contribution is -0.113. The first kappa shape index (κ1) is 22.2. The van der Waals surface area contributed by atoms with Crippen molar-refractivity contribution < 1.29 is 28.6 Å². The lowest BCUT2D eigenvalue weighted by atomic mass is 10.1. The SMILES string of the molecule is COc1ccc(C(=O)O)cc1NC(=O)/C(=C/c1ccc(F)cc1)NC(=O)c1ccccc1. The first-order chi connectivity index (χ1) is 15.4. The molecule has 0 heterocycles. The molecule has 0 saturated carbocycles. The van der Waals surface area contributed by atoms with Crippen molar-refractivity contribution in [2.24, 2.45) is 0 Å². The Morgan fingerprint density at radius 3 is 2.25 bits per heavy atom. The smallest absolute Gasteiger partial charge is 0.335 e. The number of carboxylic acid groups (broad SMARTS) is 1. The third kappa shape index (κ3) is 5.57. The van der Waals surface area contributed by atoms with E-state index in [1.54, 1.807) is 30.3 Å². The summed E-state index contributed by atoms with van der Waals surface area (Å²) in [7, 11) is 1.37. The van der Waals surface area contributed by atoms with Crippen LogP contribution < -0.4 is 15.4 Å². The van der Waals surface area contributed by atoms with E-state index in [9.17, 15) is 23.9 Å². The van der Waals surface area contributed by atoms with Crippen LogP contribution in [0.1, 0.15) is 26.3 Å². The summed E-state index contributed by atoms with van der Waals surface area (Å²) in [6.07, 6.45) is 1.38. The van der Waals surface area contributed by atoms with Crippen LogP contribution in [0.4, 0.5) is 10.1 Å². The molecule has 0 unspecified atom stereocenters. The van der Waals surface area contributed by atoms with E-state index in [0.717, 1.165) is 0 Å². The molecule has 0 aliphatic rings. The van der Waals surface area contributed by atoms with E-state index in [2.05, 4.69) is 10.6 Å². The molecule has 3 rings (SSSR count). The zero-order chi connectivity index (χ0) is 23.1. The van der Waals surface area contributed by atoms with E-state index in [4.69, 9.17) is 4.74 Å². The number of benzene rings is 3. The summed E-state index contributed by atoms with van der Waals surface area (Å²) in [5.41, 5.74) is 0.718. The van der Waals surface area contributed by atoms with Crippen LogP contribution in [-0.4, -0.2) is 30.0 Å². The second kappa shape index (κ2) is 10.0. The third-order valence-electron chi connectivity index (χ3n) is 4.40. The lowest BCUT2D eigenvalue weighted by Gasteiger charge is -2.14. The van der Waals surface area contributed by atoms with Crippen LogP contribution >= 0.6 is 0 Å². The molecule has 0 saturated heterocycles. The van der Waals surface area contributed by atoms with Gasteiger partial charge >= 0.3 is 5.97 Å². The van der Waals surface area contributed by atoms with Crippen LogP contribution in [0.15, 0.2) is 78.5 Å². The number of carbonyl (C=O) groups is 3. The Morgan fingerprint density at radius 1 is 0.938 bits per heavy atom. The Bertz CT molecular complexity index is 1170. The Labute approximate surface area is 183 Å². The summed E-state index contributed by atoms with van der Waals surface area (Å²) in [4.78, 5) is 36.9. The summed E-state index contributed by atoms with van der Waals surface area (Å²) < 4.78 is 18.4. The Hall–Kier alpha value is -4.46. The number of halogens is 1. The van der Waals surface area contributed by atoms with Gasteiger partial charge in [-0.3, -0.25) is 9.59 Å². The van der Waals surface area contributed by atoms with Crippen LogP contribution in [0, 0.1) is 5.82 Å². The van der Waals surface area contributed by atoms with Crippen molar-refractivity contribution in [1.82, 2.24) is 5.32 Å². The highest BCUT2D eigenvalue weighted by atomic mass is 19.1. The summed E-state index contributed by atoms with van der Waals surface area (Å²) in [5, 5.41) is 14.3. The standard InChI is InChI=1S/C24H19FN2O5/c1-32-21-12-9-17(24(30)31)14-19(21)26-23(29)20(13-15-7-10-18(25)11-8-15)27-22(28)16-5-3-2-4-6-16/h2-14H,1H3,(H,26,29)(H,27,28)(H,30,31)/b20-13-. The summed E-state index contributed by atoms with van der Waals surface area (Å²) in [5.74, 6) is -2.64. The molecule has 3 aromatic rings. The Balaban J connectivity index is 1.94. The first-order valence-corrected chi connectivity index (χ1v) is 9.43. The highest BCUT2D eigenvalue weighted by Gasteiger charge is 2.18. The van der Waals surface area contributed by atoms with E-state index in [1.807, 2.05) is 0 Å². The molecule has 0 aliphatic heterocycles. The maximum absolute atomic E-state index is 13.3. The minimum Gasteiger partial charge on any atom is -0.495 e. The van der Waals surface area contributed by atoms with Gasteiger partial charge in [0.2, 0.25) is 0 Å². The second-order valence-electron chi connectivity index (χ2n) is 6.60. The monoisotopic (exact) mass is 434 g/mol. The van der Waals surface area contributed by atoms with Crippen molar-refractivity contribution in [1.29, 1.82) is 0 Å². The van der Waals surface area contributed by atoms with Crippen LogP contribution in [-0.2, 0) is 4.79 Å². The molecule has 0 aromatic heterocycles. The van der Waals surface area contributed by atoms with Gasteiger partial charge in [0, 0.05) is 5.56 Å². The predicted molar refractivity (Wildman–Crippen MR) is 117 cm³/mol. The zero-order valence-corrected chi connectivity index (χ0v) is 17.0. The number of hydrogen-bond donors (Lipinski definition) is 3. The summed E-state index contributed by atoms with van der Waals surface area (Å²) >= 11 is 0.